The largest absolute Gasteiger partial charge is 0.444 e. The molecule has 0 N–H and O–H groups in total. The molecule has 9 heteroatoms. The van der Waals surface area contributed by atoms with Gasteiger partial charge in [-0.1, -0.05) is 0 Å². The highest BCUT2D eigenvalue weighted by Gasteiger charge is 2.30. The van der Waals surface area contributed by atoms with E-state index in [1.807, 2.05) is 19.1 Å². The molecule has 1 fully saturated rings. The van der Waals surface area contributed by atoms with Crippen molar-refractivity contribution in [3.8, 4) is 17.3 Å². The quantitative estimate of drug-likeness (QED) is 0.560. The van der Waals surface area contributed by atoms with E-state index in [1.165, 1.54) is 0 Å². The molecule has 0 aliphatic carbocycles. The van der Waals surface area contributed by atoms with E-state index in [0.29, 0.717) is 24.5 Å². The van der Waals surface area contributed by atoms with Gasteiger partial charge in [-0.05, 0) is 57.5 Å². The molecule has 4 rings (SSSR count). The number of ether oxygens (including phenoxy) is 2. The highest BCUT2D eigenvalue weighted by Crippen LogP contribution is 2.32. The van der Waals surface area contributed by atoms with Crippen molar-refractivity contribution in [1.82, 2.24) is 14.3 Å². The Labute approximate surface area is 196 Å². The molecule has 1 aliphatic heterocycles. The predicted molar refractivity (Wildman–Crippen MR) is 121 cm³/mol. The smallest absolute Gasteiger partial charge is 0.410 e. The number of morpholine rings is 1. The van der Waals surface area contributed by atoms with Crippen molar-refractivity contribution in [2.45, 2.75) is 45.8 Å². The summed E-state index contributed by atoms with van der Waals surface area (Å²) >= 11 is 0. The summed E-state index contributed by atoms with van der Waals surface area (Å²) in [6.45, 7) is 8.28. The average Bonchev–Trinajstić information content (AvgIpc) is 3.09. The number of aryl methyl sites for hydroxylation is 1. The normalized spacial score (nSPS) is 16.5. The first-order chi connectivity index (χ1) is 16.1. The van der Waals surface area contributed by atoms with E-state index in [1.54, 1.807) is 42.3 Å². The van der Waals surface area contributed by atoms with Crippen LogP contribution in [0.15, 0.2) is 30.5 Å². The summed E-state index contributed by atoms with van der Waals surface area (Å²) in [6, 6.07) is 7.45. The molecule has 1 aromatic carbocycles. The van der Waals surface area contributed by atoms with Crippen LogP contribution in [0.2, 0.25) is 0 Å². The van der Waals surface area contributed by atoms with Crippen LogP contribution in [-0.4, -0.2) is 51.8 Å². The highest BCUT2D eigenvalue weighted by molar-refractivity contribution is 5.70. The fourth-order valence-electron chi connectivity index (χ4n) is 4.01. The molecule has 34 heavy (non-hydrogen) atoms. The number of carbonyl (C=O) groups excluding carboxylic acids is 1. The number of pyridine rings is 1. The molecular formula is C25H26F2N4O3. The van der Waals surface area contributed by atoms with Gasteiger partial charge in [-0.2, -0.15) is 5.26 Å². The van der Waals surface area contributed by atoms with Crippen molar-refractivity contribution in [1.29, 1.82) is 5.26 Å². The minimum absolute atomic E-state index is 0.108. The Kier molecular flexibility index (Phi) is 6.28. The number of nitriles is 1. The SMILES string of the molecule is Cc1ccn2c(CC3CN(C(=O)OC(C)(C)C)CCO3)c(-c3c(F)cc(C#N)cc3F)nc2c1. The summed E-state index contributed by atoms with van der Waals surface area (Å²) in [4.78, 5) is 18.7. The maximum absolute atomic E-state index is 14.9. The van der Waals surface area contributed by atoms with Crippen molar-refractivity contribution in [2.75, 3.05) is 19.7 Å². The molecule has 0 radical (unpaired) electrons. The van der Waals surface area contributed by atoms with E-state index in [-0.39, 0.29) is 29.8 Å². The number of aromatic nitrogens is 2. The molecule has 0 saturated carbocycles. The topological polar surface area (TPSA) is 79.9 Å². The van der Waals surface area contributed by atoms with Crippen LogP contribution in [0.1, 0.15) is 37.6 Å². The number of rotatable bonds is 3. The maximum atomic E-state index is 14.9. The summed E-state index contributed by atoms with van der Waals surface area (Å²) in [5.74, 6) is -1.73. The van der Waals surface area contributed by atoms with Gasteiger partial charge in [0.2, 0.25) is 0 Å². The highest BCUT2D eigenvalue weighted by atomic mass is 19.1. The number of halogens is 2. The monoisotopic (exact) mass is 468 g/mol. The van der Waals surface area contributed by atoms with Crippen molar-refractivity contribution >= 4 is 11.7 Å². The number of amides is 1. The number of hydrogen-bond donors (Lipinski definition) is 0. The average molecular weight is 469 g/mol. The Morgan fingerprint density at radius 2 is 2.00 bits per heavy atom. The first-order valence-electron chi connectivity index (χ1n) is 11.0. The molecular weight excluding hydrogens is 442 g/mol. The number of fused-ring (bicyclic) bond motifs is 1. The van der Waals surface area contributed by atoms with E-state index < -0.39 is 29.4 Å². The van der Waals surface area contributed by atoms with Gasteiger partial charge >= 0.3 is 6.09 Å². The van der Waals surface area contributed by atoms with Crippen LogP contribution in [0.3, 0.4) is 0 Å². The summed E-state index contributed by atoms with van der Waals surface area (Å²) in [6.07, 6.45) is 1.20. The third-order valence-corrected chi connectivity index (χ3v) is 5.50. The fourth-order valence-corrected chi connectivity index (χ4v) is 4.01. The van der Waals surface area contributed by atoms with Crippen LogP contribution in [0.25, 0.3) is 16.9 Å². The predicted octanol–water partition coefficient (Wildman–Crippen LogP) is 4.64. The third-order valence-electron chi connectivity index (χ3n) is 5.50. The van der Waals surface area contributed by atoms with Gasteiger partial charge in [0.25, 0.3) is 0 Å². The molecule has 178 valence electrons. The molecule has 0 spiro atoms. The number of imidazole rings is 1. The zero-order valence-electron chi connectivity index (χ0n) is 19.6. The van der Waals surface area contributed by atoms with Gasteiger partial charge in [0.15, 0.2) is 0 Å². The first kappa shape index (κ1) is 23.6. The van der Waals surface area contributed by atoms with Gasteiger partial charge in [0, 0.05) is 19.2 Å². The molecule has 1 unspecified atom stereocenters. The van der Waals surface area contributed by atoms with Crippen LogP contribution in [0.4, 0.5) is 13.6 Å². The van der Waals surface area contributed by atoms with Crippen molar-refractivity contribution in [2.24, 2.45) is 0 Å². The molecule has 0 bridgehead atoms. The Bertz CT molecular complexity index is 1270. The van der Waals surface area contributed by atoms with E-state index in [9.17, 15) is 13.6 Å². The van der Waals surface area contributed by atoms with Crippen molar-refractivity contribution in [3.05, 3.63) is 58.9 Å². The Balaban J connectivity index is 1.72. The molecule has 1 atom stereocenters. The number of hydrogen-bond acceptors (Lipinski definition) is 5. The lowest BCUT2D eigenvalue weighted by Gasteiger charge is -2.34. The van der Waals surface area contributed by atoms with Gasteiger partial charge in [0.05, 0.1) is 47.8 Å². The van der Waals surface area contributed by atoms with Crippen molar-refractivity contribution < 1.29 is 23.0 Å². The van der Waals surface area contributed by atoms with Gasteiger partial charge in [0.1, 0.15) is 22.9 Å². The molecule has 3 aromatic rings. The second-order valence-corrected chi connectivity index (χ2v) is 9.39. The van der Waals surface area contributed by atoms with Crippen molar-refractivity contribution in [3.63, 3.8) is 0 Å². The van der Waals surface area contributed by atoms with Crippen LogP contribution >= 0.6 is 0 Å². The van der Waals surface area contributed by atoms with Crippen LogP contribution in [0, 0.1) is 29.9 Å². The van der Waals surface area contributed by atoms with Gasteiger partial charge in [-0.25, -0.2) is 18.6 Å². The Morgan fingerprint density at radius 3 is 2.65 bits per heavy atom. The zero-order chi connectivity index (χ0) is 24.6. The Hall–Kier alpha value is -3.51. The lowest BCUT2D eigenvalue weighted by atomic mass is 10.0. The van der Waals surface area contributed by atoms with Gasteiger partial charge in [-0.3, -0.25) is 0 Å². The second-order valence-electron chi connectivity index (χ2n) is 9.39. The summed E-state index contributed by atoms with van der Waals surface area (Å²) in [7, 11) is 0. The lowest BCUT2D eigenvalue weighted by Crippen LogP contribution is -2.48. The van der Waals surface area contributed by atoms with Gasteiger partial charge in [-0.15, -0.1) is 0 Å². The summed E-state index contributed by atoms with van der Waals surface area (Å²) in [5.41, 5.74) is 1.15. The van der Waals surface area contributed by atoms with Crippen LogP contribution in [-0.2, 0) is 15.9 Å². The standard InChI is InChI=1S/C25H26F2N4O3/c1-15-5-6-31-20(12-17-14-30(7-8-33-17)24(32)34-25(2,3)4)23(29-21(31)9-15)22-18(26)10-16(13-28)11-19(22)27/h5-6,9-11,17H,7-8,12,14H2,1-4H3. The number of benzene rings is 1. The molecule has 7 nitrogen and oxygen atoms in total. The molecule has 1 amide bonds. The van der Waals surface area contributed by atoms with Gasteiger partial charge < -0.3 is 18.8 Å². The second kappa shape index (κ2) is 9.03. The minimum atomic E-state index is -0.863. The van der Waals surface area contributed by atoms with Crippen LogP contribution < -0.4 is 0 Å². The van der Waals surface area contributed by atoms with E-state index >= 15 is 0 Å². The summed E-state index contributed by atoms with van der Waals surface area (Å²) < 4.78 is 43.0. The molecule has 1 aliphatic rings. The summed E-state index contributed by atoms with van der Waals surface area (Å²) in [5, 5.41) is 9.04. The Morgan fingerprint density at radius 1 is 1.29 bits per heavy atom. The van der Waals surface area contributed by atoms with Crippen LogP contribution in [0.5, 0.6) is 0 Å². The van der Waals surface area contributed by atoms with E-state index in [2.05, 4.69) is 4.98 Å². The fraction of sp³-hybridized carbons (Fsp3) is 0.400. The molecule has 2 aromatic heterocycles. The van der Waals surface area contributed by atoms with E-state index in [0.717, 1.165) is 17.7 Å². The maximum Gasteiger partial charge on any atom is 0.410 e. The molecule has 1 saturated heterocycles. The third kappa shape index (κ3) is 4.87. The van der Waals surface area contributed by atoms with E-state index in [4.69, 9.17) is 14.7 Å². The minimum Gasteiger partial charge on any atom is -0.444 e. The number of carbonyl (C=O) groups is 1. The first-order valence-corrected chi connectivity index (χ1v) is 11.0. The molecule has 3 heterocycles. The lowest BCUT2D eigenvalue weighted by molar-refractivity contribution is -0.0418. The zero-order valence-corrected chi connectivity index (χ0v) is 19.6. The number of nitrogens with zero attached hydrogens (tertiary/aromatic N) is 4.